The van der Waals surface area contributed by atoms with Crippen molar-refractivity contribution in [2.24, 2.45) is 16.5 Å². The summed E-state index contributed by atoms with van der Waals surface area (Å²) in [4.78, 5) is 110. The van der Waals surface area contributed by atoms with Crippen LogP contribution in [0.4, 0.5) is 0 Å². The van der Waals surface area contributed by atoms with Gasteiger partial charge in [0.1, 0.15) is 30.2 Å². The van der Waals surface area contributed by atoms with Crippen LogP contribution in [0.15, 0.2) is 78.3 Å². The number of nitrogens with zero attached hydrogens (tertiary/aromatic N) is 2. The third kappa shape index (κ3) is 14.7. The van der Waals surface area contributed by atoms with Crippen molar-refractivity contribution in [3.05, 3.63) is 90.1 Å². The summed E-state index contributed by atoms with van der Waals surface area (Å²) in [5.74, 6) is -4.41. The van der Waals surface area contributed by atoms with Crippen molar-refractivity contribution < 1.29 is 33.6 Å². The zero-order valence-electron chi connectivity index (χ0n) is 35.4. The Bertz CT molecular complexity index is 2220. The van der Waals surface area contributed by atoms with Crippen LogP contribution in [0.3, 0.4) is 0 Å². The first kappa shape index (κ1) is 46.8. The number of nitrogens with one attached hydrogen (secondary N) is 9. The fraction of sp³-hybridized carbons (Fsp3) is 0.419. The zero-order valence-corrected chi connectivity index (χ0v) is 35.4. The minimum atomic E-state index is -1.27. The summed E-state index contributed by atoms with van der Waals surface area (Å²) in [5.41, 5.74) is 13.9. The summed E-state index contributed by atoms with van der Waals surface area (Å²) < 4.78 is 0. The number of aromatic nitrogens is 3. The van der Waals surface area contributed by atoms with E-state index < -0.39 is 71.7 Å². The molecule has 1 saturated heterocycles. The van der Waals surface area contributed by atoms with E-state index in [1.165, 1.54) is 19.4 Å². The van der Waals surface area contributed by atoms with Gasteiger partial charge in [-0.15, -0.1) is 0 Å². The number of H-pyrrole nitrogens is 2. The average molecular weight is 868 g/mol. The molecule has 0 unspecified atom stereocenters. The molecule has 0 radical (unpaired) electrons. The number of nitrogens with two attached hydrogens (primary N) is 2. The number of para-hydroxylation sites is 1. The maximum absolute atomic E-state index is 14.4. The number of amides is 7. The molecule has 1 aliphatic heterocycles. The monoisotopic (exact) mass is 867 g/mol. The van der Waals surface area contributed by atoms with Crippen molar-refractivity contribution in [3.8, 4) is 0 Å². The minimum Gasteiger partial charge on any atom is -0.370 e. The molecule has 5 rings (SSSR count). The Labute approximate surface area is 364 Å². The number of aliphatic imine (C=N–C) groups is 1. The third-order valence-corrected chi connectivity index (χ3v) is 10.4. The van der Waals surface area contributed by atoms with Gasteiger partial charge in [0.05, 0.1) is 6.33 Å². The molecule has 20 heteroatoms. The molecule has 0 saturated carbocycles. The molecule has 20 nitrogen and oxygen atoms in total. The summed E-state index contributed by atoms with van der Waals surface area (Å²) in [7, 11) is 0. The summed E-state index contributed by atoms with van der Waals surface area (Å²) >= 11 is 0. The second-order valence-electron chi connectivity index (χ2n) is 15.6. The van der Waals surface area contributed by atoms with Crippen molar-refractivity contribution in [1.82, 2.24) is 52.2 Å². The molecule has 3 heterocycles. The Morgan fingerprint density at radius 2 is 1.41 bits per heavy atom. The van der Waals surface area contributed by atoms with Crippen molar-refractivity contribution >= 4 is 58.2 Å². The maximum Gasteiger partial charge on any atom is 0.243 e. The van der Waals surface area contributed by atoms with Crippen LogP contribution < -0.4 is 48.7 Å². The van der Waals surface area contributed by atoms with E-state index in [1.807, 2.05) is 24.3 Å². The standard InChI is InChI=1S/C43H57N13O7/c1-25-18-37(58)47-16-8-14-32(52-26(2)57)38(59)56-36(21-29-23-46-24-50-29)42(63)54-34(19-27-10-4-3-5-11-27)41(62)53-33(15-9-17-48-43(44)45)39(60)55-35(40(61)51-25)20-28-22-49-31-13-7-6-12-30(28)31/h3-7,10-13,22-25,32-36,49H,8-9,14-21H2,1-2H3,(H,46,50)(H,47,58)(H,51,61)(H,52,57)(H,53,62)(H,54,63)(H,55,60)(H,56,59)(H4,44,45,48)/t25-,32+,33+,34-,35+,36+/m1/s1. The van der Waals surface area contributed by atoms with Gasteiger partial charge in [-0.3, -0.25) is 38.6 Å². The lowest BCUT2D eigenvalue weighted by Gasteiger charge is -2.28. The Hall–Kier alpha value is -7.25. The Balaban J connectivity index is 1.51. The summed E-state index contributed by atoms with van der Waals surface area (Å²) in [5, 5.41) is 20.3. The van der Waals surface area contributed by atoms with Gasteiger partial charge in [-0.1, -0.05) is 48.5 Å². The Morgan fingerprint density at radius 3 is 2.11 bits per heavy atom. The highest BCUT2D eigenvalue weighted by Crippen LogP contribution is 2.20. The van der Waals surface area contributed by atoms with Gasteiger partial charge in [0.2, 0.25) is 41.4 Å². The molecule has 0 bridgehead atoms. The van der Waals surface area contributed by atoms with Crippen molar-refractivity contribution in [3.63, 3.8) is 0 Å². The lowest BCUT2D eigenvalue weighted by Crippen LogP contribution is -2.60. The van der Waals surface area contributed by atoms with E-state index in [1.54, 1.807) is 43.5 Å². The SMILES string of the molecule is CC(=O)N[C@H]1CCCNC(=O)C[C@@H](C)NC(=O)[C@H](Cc2c[nH]c3ccccc23)NC(=O)[C@H](CCCN=C(N)N)NC(=O)[C@@H](Cc2ccccc2)NC(=O)[C@H](Cc2cnc[nH]2)NC1=O. The average Bonchev–Trinajstić information content (AvgIpc) is 3.92. The second-order valence-corrected chi connectivity index (χ2v) is 15.6. The van der Waals surface area contributed by atoms with Crippen LogP contribution >= 0.6 is 0 Å². The van der Waals surface area contributed by atoms with Crippen molar-refractivity contribution in [1.29, 1.82) is 0 Å². The van der Waals surface area contributed by atoms with Gasteiger partial charge in [-0.25, -0.2) is 4.98 Å². The number of guanidine groups is 1. The van der Waals surface area contributed by atoms with E-state index in [-0.39, 0.29) is 76.3 Å². The molecule has 4 aromatic rings. The lowest BCUT2D eigenvalue weighted by atomic mass is 10.0. The van der Waals surface area contributed by atoms with E-state index in [4.69, 9.17) is 11.5 Å². The summed E-state index contributed by atoms with van der Waals surface area (Å²) in [6, 6.07) is 9.73. The molecule has 1 fully saturated rings. The van der Waals surface area contributed by atoms with Crippen LogP contribution in [0, 0.1) is 0 Å². The van der Waals surface area contributed by atoms with Gasteiger partial charge in [0.15, 0.2) is 5.96 Å². The molecular formula is C43H57N13O7. The number of rotatable bonds is 11. The van der Waals surface area contributed by atoms with E-state index in [0.717, 1.165) is 16.5 Å². The highest BCUT2D eigenvalue weighted by atomic mass is 16.2. The normalized spacial score (nSPS) is 22.4. The van der Waals surface area contributed by atoms with Gasteiger partial charge in [-0.05, 0) is 49.8 Å². The second kappa shape index (κ2) is 23.1. The first-order chi connectivity index (χ1) is 30.2. The molecule has 0 aliphatic carbocycles. The summed E-state index contributed by atoms with van der Waals surface area (Å²) in [6.07, 6.45) is 5.19. The van der Waals surface area contributed by atoms with Crippen LogP contribution in [0.2, 0.25) is 0 Å². The van der Waals surface area contributed by atoms with Gasteiger partial charge in [0, 0.05) is 80.7 Å². The number of carbonyl (C=O) groups excluding carboxylic acids is 7. The Kier molecular flexibility index (Phi) is 17.2. The first-order valence-corrected chi connectivity index (χ1v) is 20.9. The quantitative estimate of drug-likeness (QED) is 0.0508. The minimum absolute atomic E-state index is 0.00476. The van der Waals surface area contributed by atoms with Gasteiger partial charge < -0.3 is 58.7 Å². The van der Waals surface area contributed by atoms with Crippen LogP contribution in [0.1, 0.15) is 62.8 Å². The van der Waals surface area contributed by atoms with Crippen LogP contribution in [-0.4, -0.2) is 112 Å². The van der Waals surface area contributed by atoms with E-state index in [9.17, 15) is 33.6 Å². The van der Waals surface area contributed by atoms with Crippen LogP contribution in [-0.2, 0) is 52.8 Å². The van der Waals surface area contributed by atoms with Crippen LogP contribution in [0.25, 0.3) is 10.9 Å². The highest BCUT2D eigenvalue weighted by molar-refractivity contribution is 5.97. The lowest BCUT2D eigenvalue weighted by molar-refractivity contribution is -0.135. The molecule has 336 valence electrons. The van der Waals surface area contributed by atoms with Crippen molar-refractivity contribution in [2.45, 2.75) is 101 Å². The van der Waals surface area contributed by atoms with E-state index >= 15 is 0 Å². The number of imidazole rings is 1. The fourth-order valence-electron chi connectivity index (χ4n) is 7.27. The highest BCUT2D eigenvalue weighted by Gasteiger charge is 2.33. The predicted molar refractivity (Wildman–Crippen MR) is 234 cm³/mol. The molecule has 2 aromatic heterocycles. The number of hydrogen-bond donors (Lipinski definition) is 11. The topological polar surface area (TPSA) is 313 Å². The number of fused-ring (bicyclic) bond motifs is 1. The number of hydrogen-bond acceptors (Lipinski definition) is 9. The van der Waals surface area contributed by atoms with Crippen molar-refractivity contribution in [2.75, 3.05) is 13.1 Å². The predicted octanol–water partition coefficient (Wildman–Crippen LogP) is -0.779. The van der Waals surface area contributed by atoms with E-state index in [0.29, 0.717) is 11.3 Å². The fourth-order valence-corrected chi connectivity index (χ4v) is 7.27. The third-order valence-electron chi connectivity index (χ3n) is 10.4. The first-order valence-electron chi connectivity index (χ1n) is 20.9. The van der Waals surface area contributed by atoms with E-state index in [2.05, 4.69) is 57.2 Å². The molecule has 0 spiro atoms. The maximum atomic E-state index is 14.4. The van der Waals surface area contributed by atoms with Gasteiger partial charge in [0.25, 0.3) is 0 Å². The molecule has 7 amide bonds. The van der Waals surface area contributed by atoms with Gasteiger partial charge in [-0.2, -0.15) is 0 Å². The molecule has 6 atom stereocenters. The zero-order chi connectivity index (χ0) is 45.3. The molecule has 2 aromatic carbocycles. The smallest absolute Gasteiger partial charge is 0.243 e. The largest absolute Gasteiger partial charge is 0.370 e. The van der Waals surface area contributed by atoms with Gasteiger partial charge >= 0.3 is 0 Å². The molecule has 13 N–H and O–H groups in total. The number of carbonyl (C=O) groups is 7. The number of benzene rings is 2. The molecule has 63 heavy (non-hydrogen) atoms. The number of aromatic amines is 2. The van der Waals surface area contributed by atoms with Crippen LogP contribution in [0.5, 0.6) is 0 Å². The summed E-state index contributed by atoms with van der Waals surface area (Å²) in [6.45, 7) is 3.18. The molecular weight excluding hydrogens is 811 g/mol. The Morgan fingerprint density at radius 1 is 0.778 bits per heavy atom. The molecule has 1 aliphatic rings.